The predicted octanol–water partition coefficient (Wildman–Crippen LogP) is 3.14. The van der Waals surface area contributed by atoms with E-state index < -0.39 is 5.97 Å². The van der Waals surface area contributed by atoms with E-state index in [0.717, 1.165) is 17.7 Å². The van der Waals surface area contributed by atoms with E-state index in [2.05, 4.69) is 31.1 Å². The zero-order valence-corrected chi connectivity index (χ0v) is 10.9. The minimum Gasteiger partial charge on any atom is -0.476 e. The SMILES string of the molecule is CCCC(C)(C)Nc1nc(C(=O)O)c(C)s1. The van der Waals surface area contributed by atoms with Crippen LogP contribution in [0.4, 0.5) is 5.13 Å². The highest BCUT2D eigenvalue weighted by Gasteiger charge is 2.20. The molecule has 2 N–H and O–H groups in total. The van der Waals surface area contributed by atoms with Crippen LogP contribution in [0.25, 0.3) is 0 Å². The fourth-order valence-electron chi connectivity index (χ4n) is 1.63. The number of hydrogen-bond acceptors (Lipinski definition) is 4. The molecular weight excluding hydrogens is 224 g/mol. The number of aromatic carboxylic acids is 1. The predicted molar refractivity (Wildman–Crippen MR) is 66.4 cm³/mol. The van der Waals surface area contributed by atoms with Gasteiger partial charge >= 0.3 is 5.97 Å². The second-order valence-electron chi connectivity index (χ2n) is 4.49. The highest BCUT2D eigenvalue weighted by atomic mass is 32.1. The van der Waals surface area contributed by atoms with Gasteiger partial charge in [0.25, 0.3) is 0 Å². The lowest BCUT2D eigenvalue weighted by atomic mass is 10.00. The average molecular weight is 242 g/mol. The van der Waals surface area contributed by atoms with Gasteiger partial charge in [0.05, 0.1) is 0 Å². The molecule has 0 unspecified atom stereocenters. The Balaban J connectivity index is 2.82. The molecule has 0 saturated heterocycles. The van der Waals surface area contributed by atoms with E-state index in [1.807, 2.05) is 0 Å². The minimum atomic E-state index is -0.963. The van der Waals surface area contributed by atoms with Crippen LogP contribution in [0.3, 0.4) is 0 Å². The minimum absolute atomic E-state index is 0.0468. The monoisotopic (exact) mass is 242 g/mol. The molecule has 0 fully saturated rings. The molecule has 0 aliphatic carbocycles. The quantitative estimate of drug-likeness (QED) is 0.832. The van der Waals surface area contributed by atoms with Gasteiger partial charge in [0, 0.05) is 10.4 Å². The van der Waals surface area contributed by atoms with Crippen molar-refractivity contribution in [1.82, 2.24) is 4.98 Å². The standard InChI is InChI=1S/C11H18N2O2S/c1-5-6-11(3,4)13-10-12-8(9(14)15)7(2)16-10/h5-6H2,1-4H3,(H,12,13)(H,14,15). The molecular formula is C11H18N2O2S. The van der Waals surface area contributed by atoms with Crippen LogP contribution in [0, 0.1) is 6.92 Å². The van der Waals surface area contributed by atoms with Crippen molar-refractivity contribution in [2.45, 2.75) is 46.1 Å². The van der Waals surface area contributed by atoms with Crippen LogP contribution < -0.4 is 5.32 Å². The molecule has 0 bridgehead atoms. The first-order chi connectivity index (χ1) is 7.35. The van der Waals surface area contributed by atoms with Crippen LogP contribution in [0.1, 0.15) is 49.0 Å². The summed E-state index contributed by atoms with van der Waals surface area (Å²) in [5.74, 6) is -0.963. The second kappa shape index (κ2) is 4.82. The van der Waals surface area contributed by atoms with E-state index in [0.29, 0.717) is 5.13 Å². The first kappa shape index (κ1) is 13.0. The maximum absolute atomic E-state index is 10.8. The number of anilines is 1. The van der Waals surface area contributed by atoms with Gasteiger partial charge in [-0.15, -0.1) is 11.3 Å². The summed E-state index contributed by atoms with van der Waals surface area (Å²) >= 11 is 1.39. The number of carboxylic acids is 1. The van der Waals surface area contributed by atoms with Crippen molar-refractivity contribution in [1.29, 1.82) is 0 Å². The number of thiazole rings is 1. The maximum Gasteiger partial charge on any atom is 0.355 e. The summed E-state index contributed by atoms with van der Waals surface area (Å²) in [4.78, 5) is 15.7. The third-order valence-corrected chi connectivity index (χ3v) is 3.21. The van der Waals surface area contributed by atoms with Gasteiger partial charge in [0.2, 0.25) is 0 Å². The van der Waals surface area contributed by atoms with Crippen LogP contribution in [0.15, 0.2) is 0 Å². The molecule has 0 saturated carbocycles. The number of nitrogens with one attached hydrogen (secondary N) is 1. The van der Waals surface area contributed by atoms with E-state index in [9.17, 15) is 4.79 Å². The number of carbonyl (C=O) groups is 1. The Morgan fingerprint density at radius 2 is 2.19 bits per heavy atom. The first-order valence-corrected chi connectivity index (χ1v) is 6.16. The summed E-state index contributed by atoms with van der Waals surface area (Å²) in [5.41, 5.74) is 0.106. The molecule has 0 amide bonds. The third kappa shape index (κ3) is 3.20. The number of aromatic nitrogens is 1. The van der Waals surface area contributed by atoms with Crippen LogP contribution in [0.5, 0.6) is 0 Å². The molecule has 0 aromatic carbocycles. The molecule has 1 aromatic heterocycles. The molecule has 0 atom stereocenters. The molecule has 0 radical (unpaired) electrons. The van der Waals surface area contributed by atoms with Crippen molar-refractivity contribution in [3.63, 3.8) is 0 Å². The molecule has 5 heteroatoms. The van der Waals surface area contributed by atoms with Crippen molar-refractivity contribution in [2.75, 3.05) is 5.32 Å². The molecule has 1 rings (SSSR count). The Kier molecular flexibility index (Phi) is 3.91. The largest absolute Gasteiger partial charge is 0.476 e. The molecule has 16 heavy (non-hydrogen) atoms. The normalized spacial score (nSPS) is 11.5. The molecule has 1 heterocycles. The summed E-state index contributed by atoms with van der Waals surface area (Å²) in [6, 6.07) is 0. The number of nitrogens with zero attached hydrogens (tertiary/aromatic N) is 1. The second-order valence-corrected chi connectivity index (χ2v) is 5.69. The number of aryl methyl sites for hydroxylation is 1. The van der Waals surface area contributed by atoms with Gasteiger partial charge in [-0.3, -0.25) is 0 Å². The third-order valence-electron chi connectivity index (χ3n) is 2.32. The van der Waals surface area contributed by atoms with Crippen LogP contribution in [0.2, 0.25) is 0 Å². The average Bonchev–Trinajstić information content (AvgIpc) is 2.45. The molecule has 0 spiro atoms. The Morgan fingerprint density at radius 3 is 2.62 bits per heavy atom. The van der Waals surface area contributed by atoms with Crippen LogP contribution in [-0.4, -0.2) is 21.6 Å². The first-order valence-electron chi connectivity index (χ1n) is 5.34. The topological polar surface area (TPSA) is 62.2 Å². The zero-order chi connectivity index (χ0) is 12.3. The van der Waals surface area contributed by atoms with Gasteiger partial charge in [-0.25, -0.2) is 9.78 Å². The number of carboxylic acid groups (broad SMARTS) is 1. The summed E-state index contributed by atoms with van der Waals surface area (Å²) in [5, 5.41) is 12.9. The summed E-state index contributed by atoms with van der Waals surface area (Å²) in [7, 11) is 0. The molecule has 1 aromatic rings. The molecule has 0 aliphatic heterocycles. The summed E-state index contributed by atoms with van der Waals surface area (Å²) < 4.78 is 0. The fraction of sp³-hybridized carbons (Fsp3) is 0.636. The van der Waals surface area contributed by atoms with Crippen molar-refractivity contribution in [2.24, 2.45) is 0 Å². The lowest BCUT2D eigenvalue weighted by Crippen LogP contribution is -2.30. The highest BCUT2D eigenvalue weighted by Crippen LogP contribution is 2.26. The fourth-order valence-corrected chi connectivity index (χ4v) is 2.61. The molecule has 90 valence electrons. The number of hydrogen-bond donors (Lipinski definition) is 2. The van der Waals surface area contributed by atoms with E-state index in [1.54, 1.807) is 6.92 Å². The van der Waals surface area contributed by atoms with E-state index in [1.165, 1.54) is 11.3 Å². The smallest absolute Gasteiger partial charge is 0.355 e. The Morgan fingerprint density at radius 1 is 1.56 bits per heavy atom. The van der Waals surface area contributed by atoms with Gasteiger partial charge in [0.15, 0.2) is 10.8 Å². The van der Waals surface area contributed by atoms with Crippen molar-refractivity contribution in [3.05, 3.63) is 10.6 Å². The van der Waals surface area contributed by atoms with Crippen molar-refractivity contribution >= 4 is 22.4 Å². The molecule has 0 aliphatic rings. The van der Waals surface area contributed by atoms with Gasteiger partial charge in [-0.2, -0.15) is 0 Å². The summed E-state index contributed by atoms with van der Waals surface area (Å²) in [6.45, 7) is 8.08. The lowest BCUT2D eigenvalue weighted by molar-refractivity contribution is 0.0690. The van der Waals surface area contributed by atoms with Gasteiger partial charge in [-0.05, 0) is 27.2 Å². The van der Waals surface area contributed by atoms with Crippen molar-refractivity contribution in [3.8, 4) is 0 Å². The Bertz CT molecular complexity index is 385. The summed E-state index contributed by atoms with van der Waals surface area (Å²) in [6.07, 6.45) is 2.10. The lowest BCUT2D eigenvalue weighted by Gasteiger charge is -2.25. The number of rotatable bonds is 5. The Hall–Kier alpha value is -1.10. The van der Waals surface area contributed by atoms with E-state index in [4.69, 9.17) is 5.11 Å². The van der Waals surface area contributed by atoms with Crippen molar-refractivity contribution < 1.29 is 9.90 Å². The highest BCUT2D eigenvalue weighted by molar-refractivity contribution is 7.15. The van der Waals surface area contributed by atoms with E-state index >= 15 is 0 Å². The maximum atomic E-state index is 10.8. The molecule has 4 nitrogen and oxygen atoms in total. The van der Waals surface area contributed by atoms with Gasteiger partial charge in [-0.1, -0.05) is 13.3 Å². The Labute approximate surface area is 99.7 Å². The van der Waals surface area contributed by atoms with Crippen LogP contribution >= 0.6 is 11.3 Å². The van der Waals surface area contributed by atoms with Gasteiger partial charge in [0.1, 0.15) is 0 Å². The van der Waals surface area contributed by atoms with Gasteiger partial charge < -0.3 is 10.4 Å². The zero-order valence-electron chi connectivity index (χ0n) is 10.1. The van der Waals surface area contributed by atoms with Crippen LogP contribution in [-0.2, 0) is 0 Å². The van der Waals surface area contributed by atoms with E-state index in [-0.39, 0.29) is 11.2 Å².